The van der Waals surface area contributed by atoms with E-state index in [1.54, 1.807) is 0 Å². The highest BCUT2D eigenvalue weighted by Crippen LogP contribution is 2.41. The molecule has 1 nitrogen and oxygen atoms in total. The summed E-state index contributed by atoms with van der Waals surface area (Å²) in [6.45, 7) is 2.19. The highest BCUT2D eigenvalue weighted by atomic mass is 16.5. The molecule has 2 aromatic carbocycles. The van der Waals surface area contributed by atoms with Gasteiger partial charge in [0, 0.05) is 6.42 Å². The second-order valence-corrected chi connectivity index (χ2v) is 6.02. The monoisotopic (exact) mass is 274 g/mol. The number of benzene rings is 2. The van der Waals surface area contributed by atoms with Crippen LogP contribution in [0, 0.1) is 0 Å². The zero-order valence-corrected chi connectivity index (χ0v) is 12.2. The molecule has 0 saturated heterocycles. The van der Waals surface area contributed by atoms with Gasteiger partial charge >= 0.3 is 0 Å². The minimum atomic E-state index is -0.160. The third-order valence-corrected chi connectivity index (χ3v) is 4.59. The largest absolute Gasteiger partial charge is 0.491 e. The normalized spacial score (nSPS) is 22.8. The lowest BCUT2D eigenvalue weighted by Gasteiger charge is -2.25. The molecule has 1 aliphatic carbocycles. The summed E-state index contributed by atoms with van der Waals surface area (Å²) >= 11 is 0. The SMILES string of the molecule is CC1(C2=Cc3c(cccc3-c3ccccc3)C2)CC=CO1. The minimum absolute atomic E-state index is 0.160. The molecule has 2 aliphatic rings. The standard InChI is InChI=1S/C20H18O/c1-20(11-6-12-21-20)17-13-16-9-5-10-18(19(16)14-17)15-7-3-2-4-8-15/h2-10,12,14H,11,13H2,1H3. The van der Waals surface area contributed by atoms with Crippen LogP contribution in [0.2, 0.25) is 0 Å². The molecule has 0 saturated carbocycles. The molecule has 1 heteroatoms. The van der Waals surface area contributed by atoms with Crippen molar-refractivity contribution in [3.05, 3.63) is 77.6 Å². The smallest absolute Gasteiger partial charge is 0.130 e. The van der Waals surface area contributed by atoms with Crippen molar-refractivity contribution in [1.82, 2.24) is 0 Å². The van der Waals surface area contributed by atoms with Crippen molar-refractivity contribution in [3.63, 3.8) is 0 Å². The number of hydrogen-bond donors (Lipinski definition) is 0. The lowest BCUT2D eigenvalue weighted by molar-refractivity contribution is 0.0992. The predicted octanol–water partition coefficient (Wildman–Crippen LogP) is 4.99. The van der Waals surface area contributed by atoms with Crippen molar-refractivity contribution in [2.24, 2.45) is 0 Å². The molecule has 0 fully saturated rings. The predicted molar refractivity (Wildman–Crippen MR) is 86.8 cm³/mol. The molecular formula is C20H18O. The molecule has 1 heterocycles. The van der Waals surface area contributed by atoms with Crippen molar-refractivity contribution in [2.75, 3.05) is 0 Å². The van der Waals surface area contributed by atoms with Gasteiger partial charge in [-0.05, 0) is 47.2 Å². The summed E-state index contributed by atoms with van der Waals surface area (Å²) in [7, 11) is 0. The van der Waals surface area contributed by atoms with Gasteiger partial charge in [-0.1, -0.05) is 54.6 Å². The van der Waals surface area contributed by atoms with Crippen LogP contribution >= 0.6 is 0 Å². The minimum Gasteiger partial charge on any atom is -0.491 e. The van der Waals surface area contributed by atoms with E-state index in [1.165, 1.54) is 27.8 Å². The third kappa shape index (κ3) is 2.01. The Morgan fingerprint density at radius 1 is 1.00 bits per heavy atom. The van der Waals surface area contributed by atoms with Gasteiger partial charge in [-0.25, -0.2) is 0 Å². The first-order chi connectivity index (χ1) is 10.3. The summed E-state index contributed by atoms with van der Waals surface area (Å²) in [6.07, 6.45) is 8.25. The molecule has 1 atom stereocenters. The van der Waals surface area contributed by atoms with E-state index in [1.807, 2.05) is 6.26 Å². The maximum atomic E-state index is 5.85. The second kappa shape index (κ2) is 4.63. The third-order valence-electron chi connectivity index (χ3n) is 4.59. The van der Waals surface area contributed by atoms with Gasteiger partial charge in [0.1, 0.15) is 5.60 Å². The molecule has 0 spiro atoms. The van der Waals surface area contributed by atoms with E-state index in [0.29, 0.717) is 0 Å². The lowest BCUT2D eigenvalue weighted by atomic mass is 9.92. The Hall–Kier alpha value is -2.28. The van der Waals surface area contributed by atoms with E-state index in [9.17, 15) is 0 Å². The van der Waals surface area contributed by atoms with Gasteiger partial charge < -0.3 is 4.74 Å². The van der Waals surface area contributed by atoms with Gasteiger partial charge in [-0.2, -0.15) is 0 Å². The summed E-state index contributed by atoms with van der Waals surface area (Å²) in [6, 6.07) is 17.2. The Labute approximate surface area is 125 Å². The zero-order valence-electron chi connectivity index (χ0n) is 12.2. The van der Waals surface area contributed by atoms with Crippen LogP contribution in [0.15, 0.2) is 66.4 Å². The molecule has 0 radical (unpaired) electrons. The quantitative estimate of drug-likeness (QED) is 0.750. The molecule has 0 bridgehead atoms. The average molecular weight is 274 g/mol. The average Bonchev–Trinajstić information content (AvgIpc) is 3.15. The van der Waals surface area contributed by atoms with Crippen LogP contribution < -0.4 is 0 Å². The Morgan fingerprint density at radius 3 is 2.62 bits per heavy atom. The van der Waals surface area contributed by atoms with E-state index < -0.39 is 0 Å². The summed E-state index contributed by atoms with van der Waals surface area (Å²) in [5.74, 6) is 0. The van der Waals surface area contributed by atoms with Crippen LogP contribution in [0.4, 0.5) is 0 Å². The van der Waals surface area contributed by atoms with Crippen LogP contribution in [-0.4, -0.2) is 5.60 Å². The zero-order chi connectivity index (χ0) is 14.3. The molecule has 0 aromatic heterocycles. The van der Waals surface area contributed by atoms with Gasteiger partial charge in [-0.15, -0.1) is 0 Å². The topological polar surface area (TPSA) is 9.23 Å². The maximum Gasteiger partial charge on any atom is 0.130 e. The molecule has 1 unspecified atom stereocenters. The van der Waals surface area contributed by atoms with Crippen LogP contribution in [0.3, 0.4) is 0 Å². The maximum absolute atomic E-state index is 5.85. The van der Waals surface area contributed by atoms with Gasteiger partial charge in [0.25, 0.3) is 0 Å². The second-order valence-electron chi connectivity index (χ2n) is 6.02. The number of hydrogen-bond acceptors (Lipinski definition) is 1. The molecule has 0 N–H and O–H groups in total. The highest BCUT2D eigenvalue weighted by Gasteiger charge is 2.34. The van der Waals surface area contributed by atoms with Crippen LogP contribution in [0.1, 0.15) is 24.5 Å². The first-order valence-electron chi connectivity index (χ1n) is 7.47. The van der Waals surface area contributed by atoms with Gasteiger partial charge in [0.05, 0.1) is 6.26 Å². The first-order valence-corrected chi connectivity index (χ1v) is 7.47. The summed E-state index contributed by atoms with van der Waals surface area (Å²) in [4.78, 5) is 0. The Bertz CT molecular complexity index is 730. The molecule has 4 rings (SSSR count). The van der Waals surface area contributed by atoms with Crippen molar-refractivity contribution in [1.29, 1.82) is 0 Å². The fraction of sp³-hybridized carbons (Fsp3) is 0.200. The van der Waals surface area contributed by atoms with Crippen molar-refractivity contribution in [2.45, 2.75) is 25.4 Å². The van der Waals surface area contributed by atoms with Crippen LogP contribution in [0.25, 0.3) is 17.2 Å². The fourth-order valence-corrected chi connectivity index (χ4v) is 3.30. The molecular weight excluding hydrogens is 256 g/mol. The van der Waals surface area contributed by atoms with Crippen LogP contribution in [-0.2, 0) is 11.2 Å². The highest BCUT2D eigenvalue weighted by molar-refractivity contribution is 5.81. The Morgan fingerprint density at radius 2 is 1.86 bits per heavy atom. The molecule has 1 aliphatic heterocycles. The molecule has 0 amide bonds. The number of fused-ring (bicyclic) bond motifs is 1. The Kier molecular flexibility index (Phi) is 2.75. The molecule has 2 aromatic rings. The van der Waals surface area contributed by atoms with Crippen molar-refractivity contribution < 1.29 is 4.74 Å². The Balaban J connectivity index is 1.79. The van der Waals surface area contributed by atoms with E-state index in [2.05, 4.69) is 67.6 Å². The molecule has 104 valence electrons. The summed E-state index contributed by atoms with van der Waals surface area (Å²) < 4.78 is 5.85. The van der Waals surface area contributed by atoms with Crippen molar-refractivity contribution >= 4 is 6.08 Å². The van der Waals surface area contributed by atoms with E-state index in [-0.39, 0.29) is 5.60 Å². The van der Waals surface area contributed by atoms with E-state index in [0.717, 1.165) is 12.8 Å². The fourth-order valence-electron chi connectivity index (χ4n) is 3.30. The van der Waals surface area contributed by atoms with Gasteiger partial charge in [0.15, 0.2) is 0 Å². The first kappa shape index (κ1) is 12.5. The lowest BCUT2D eigenvalue weighted by Crippen LogP contribution is -2.25. The van der Waals surface area contributed by atoms with E-state index in [4.69, 9.17) is 4.74 Å². The number of ether oxygens (including phenoxy) is 1. The van der Waals surface area contributed by atoms with Gasteiger partial charge in [0.2, 0.25) is 0 Å². The summed E-state index contributed by atoms with van der Waals surface area (Å²) in [5, 5.41) is 0. The molecule has 21 heavy (non-hydrogen) atoms. The summed E-state index contributed by atoms with van der Waals surface area (Å²) in [5.41, 5.74) is 6.58. The van der Waals surface area contributed by atoms with Gasteiger partial charge in [-0.3, -0.25) is 0 Å². The van der Waals surface area contributed by atoms with E-state index >= 15 is 0 Å². The number of rotatable bonds is 2. The van der Waals surface area contributed by atoms with Crippen molar-refractivity contribution in [3.8, 4) is 11.1 Å². The van der Waals surface area contributed by atoms with Crippen LogP contribution in [0.5, 0.6) is 0 Å².